The highest BCUT2D eigenvalue weighted by atomic mass is 35.5. The molecule has 1 aromatic carbocycles. The van der Waals surface area contributed by atoms with E-state index in [9.17, 15) is 0 Å². The first-order valence-corrected chi connectivity index (χ1v) is 5.87. The molecule has 1 aromatic rings. The third-order valence-corrected chi connectivity index (χ3v) is 3.82. The summed E-state index contributed by atoms with van der Waals surface area (Å²) in [5, 5.41) is 0.816. The molecular weight excluding hydrogens is 214 g/mol. The first kappa shape index (κ1) is 10.2. The lowest BCUT2D eigenvalue weighted by atomic mass is 10.1. The van der Waals surface area contributed by atoms with Crippen molar-refractivity contribution in [1.29, 1.82) is 0 Å². The van der Waals surface area contributed by atoms with Crippen LogP contribution >= 0.6 is 23.4 Å². The van der Waals surface area contributed by atoms with E-state index in [2.05, 4.69) is 31.9 Å². The summed E-state index contributed by atoms with van der Waals surface area (Å²) in [7, 11) is 2.12. The van der Waals surface area contributed by atoms with Crippen LogP contribution < -0.4 is 4.90 Å². The number of hydrogen-bond donors (Lipinski definition) is 0. The van der Waals surface area contributed by atoms with Crippen molar-refractivity contribution >= 4 is 29.1 Å². The van der Waals surface area contributed by atoms with Crippen molar-refractivity contribution in [3.8, 4) is 0 Å². The smallest absolute Gasteiger partial charge is 0.0517 e. The second kappa shape index (κ2) is 3.35. The third kappa shape index (κ3) is 1.86. The van der Waals surface area contributed by atoms with Crippen molar-refractivity contribution < 1.29 is 0 Å². The van der Waals surface area contributed by atoms with Gasteiger partial charge >= 0.3 is 0 Å². The molecule has 76 valence electrons. The second-order valence-corrected chi connectivity index (χ2v) is 6.52. The van der Waals surface area contributed by atoms with E-state index in [0.717, 1.165) is 11.6 Å². The molecule has 0 saturated carbocycles. The molecule has 0 saturated heterocycles. The summed E-state index contributed by atoms with van der Waals surface area (Å²) in [6, 6.07) is 6.11. The molecule has 0 atom stereocenters. The molecule has 0 spiro atoms. The van der Waals surface area contributed by atoms with Crippen LogP contribution in [0.1, 0.15) is 13.8 Å². The number of benzene rings is 1. The highest BCUT2D eigenvalue weighted by molar-refractivity contribution is 8.00. The molecule has 1 nitrogen and oxygen atoms in total. The van der Waals surface area contributed by atoms with E-state index in [-0.39, 0.29) is 4.75 Å². The standard InChI is InChI=1S/C11H14ClNS/c1-11(2)7-13(3)9-6-8(12)4-5-10(9)14-11/h4-6H,7H2,1-3H3. The van der Waals surface area contributed by atoms with Gasteiger partial charge in [0.25, 0.3) is 0 Å². The molecule has 0 bridgehead atoms. The van der Waals surface area contributed by atoms with Crippen LogP contribution in [0.4, 0.5) is 5.69 Å². The summed E-state index contributed by atoms with van der Waals surface area (Å²) in [6.45, 7) is 5.60. The normalized spacial score (nSPS) is 19.3. The van der Waals surface area contributed by atoms with Gasteiger partial charge in [-0.15, -0.1) is 11.8 Å². The Bertz CT molecular complexity index is 362. The molecule has 1 aliphatic rings. The Labute approximate surface area is 94.4 Å². The lowest BCUT2D eigenvalue weighted by molar-refractivity contribution is 0.676. The number of thioether (sulfide) groups is 1. The maximum atomic E-state index is 5.98. The van der Waals surface area contributed by atoms with E-state index in [4.69, 9.17) is 11.6 Å². The lowest BCUT2D eigenvalue weighted by Gasteiger charge is -2.38. The van der Waals surface area contributed by atoms with Gasteiger partial charge in [0, 0.05) is 28.3 Å². The molecule has 0 N–H and O–H groups in total. The van der Waals surface area contributed by atoms with Gasteiger partial charge in [-0.05, 0) is 32.0 Å². The Morgan fingerprint density at radius 2 is 2.14 bits per heavy atom. The van der Waals surface area contributed by atoms with Crippen molar-refractivity contribution in [2.45, 2.75) is 23.5 Å². The third-order valence-electron chi connectivity index (χ3n) is 2.34. The van der Waals surface area contributed by atoms with Crippen LogP contribution in [0.5, 0.6) is 0 Å². The molecule has 0 unspecified atom stereocenters. The van der Waals surface area contributed by atoms with Crippen LogP contribution in [0.2, 0.25) is 5.02 Å². The zero-order chi connectivity index (χ0) is 10.3. The largest absolute Gasteiger partial charge is 0.372 e. The summed E-state index contributed by atoms with van der Waals surface area (Å²) in [5.74, 6) is 0. The van der Waals surface area contributed by atoms with Crippen molar-refractivity contribution in [3.05, 3.63) is 23.2 Å². The van der Waals surface area contributed by atoms with Gasteiger partial charge in [-0.2, -0.15) is 0 Å². The minimum Gasteiger partial charge on any atom is -0.372 e. The van der Waals surface area contributed by atoms with Gasteiger partial charge < -0.3 is 4.90 Å². The predicted molar refractivity (Wildman–Crippen MR) is 64.7 cm³/mol. The van der Waals surface area contributed by atoms with Crippen LogP contribution in [0, 0.1) is 0 Å². The van der Waals surface area contributed by atoms with Crippen molar-refractivity contribution in [2.24, 2.45) is 0 Å². The molecule has 1 aliphatic heterocycles. The predicted octanol–water partition coefficient (Wildman–Crippen LogP) is 3.66. The molecule has 0 fully saturated rings. The molecule has 0 aliphatic carbocycles. The van der Waals surface area contributed by atoms with Crippen LogP contribution in [-0.2, 0) is 0 Å². The van der Waals surface area contributed by atoms with E-state index in [1.165, 1.54) is 10.6 Å². The SMILES string of the molecule is CN1CC(C)(C)Sc2ccc(Cl)cc21. The quantitative estimate of drug-likeness (QED) is 0.666. The Hall–Kier alpha value is -0.340. The molecule has 0 radical (unpaired) electrons. The Kier molecular flexibility index (Phi) is 2.44. The van der Waals surface area contributed by atoms with Gasteiger partial charge in [-0.3, -0.25) is 0 Å². The van der Waals surface area contributed by atoms with E-state index in [1.54, 1.807) is 0 Å². The summed E-state index contributed by atoms with van der Waals surface area (Å²) in [6.07, 6.45) is 0. The number of fused-ring (bicyclic) bond motifs is 1. The van der Waals surface area contributed by atoms with E-state index < -0.39 is 0 Å². The van der Waals surface area contributed by atoms with Crippen molar-refractivity contribution in [3.63, 3.8) is 0 Å². The summed E-state index contributed by atoms with van der Waals surface area (Å²) < 4.78 is 0.287. The van der Waals surface area contributed by atoms with E-state index in [1.807, 2.05) is 23.9 Å². The Balaban J connectivity index is 2.45. The Morgan fingerprint density at radius 3 is 2.86 bits per heavy atom. The highest BCUT2D eigenvalue weighted by Gasteiger charge is 2.28. The van der Waals surface area contributed by atoms with Crippen molar-refractivity contribution in [2.75, 3.05) is 18.5 Å². The van der Waals surface area contributed by atoms with E-state index >= 15 is 0 Å². The number of nitrogens with zero attached hydrogens (tertiary/aromatic N) is 1. The van der Waals surface area contributed by atoms with E-state index in [0.29, 0.717) is 0 Å². The van der Waals surface area contributed by atoms with Gasteiger partial charge in [0.05, 0.1) is 5.69 Å². The van der Waals surface area contributed by atoms with Gasteiger partial charge in [0.15, 0.2) is 0 Å². The van der Waals surface area contributed by atoms with Crippen LogP contribution in [0.3, 0.4) is 0 Å². The second-order valence-electron chi connectivity index (χ2n) is 4.33. The molecular formula is C11H14ClNS. The first-order chi connectivity index (χ1) is 6.48. The first-order valence-electron chi connectivity index (χ1n) is 4.68. The van der Waals surface area contributed by atoms with Gasteiger partial charge in [-0.25, -0.2) is 0 Å². The van der Waals surface area contributed by atoms with Crippen molar-refractivity contribution in [1.82, 2.24) is 0 Å². The molecule has 0 amide bonds. The maximum absolute atomic E-state index is 5.98. The van der Waals surface area contributed by atoms with Gasteiger partial charge in [0.2, 0.25) is 0 Å². The molecule has 1 heterocycles. The average Bonchev–Trinajstić information content (AvgIpc) is 2.05. The minimum atomic E-state index is 0.287. The zero-order valence-electron chi connectivity index (χ0n) is 8.67. The van der Waals surface area contributed by atoms with Gasteiger partial charge in [-0.1, -0.05) is 11.6 Å². The summed E-state index contributed by atoms with van der Waals surface area (Å²) in [4.78, 5) is 3.60. The minimum absolute atomic E-state index is 0.287. The topological polar surface area (TPSA) is 3.24 Å². The molecule has 0 aromatic heterocycles. The highest BCUT2D eigenvalue weighted by Crippen LogP contribution is 2.44. The molecule has 3 heteroatoms. The number of halogens is 1. The van der Waals surface area contributed by atoms with Crippen LogP contribution in [0.15, 0.2) is 23.1 Å². The number of hydrogen-bond acceptors (Lipinski definition) is 2. The molecule has 14 heavy (non-hydrogen) atoms. The Morgan fingerprint density at radius 1 is 1.43 bits per heavy atom. The summed E-state index contributed by atoms with van der Waals surface area (Å²) >= 11 is 7.90. The van der Waals surface area contributed by atoms with Gasteiger partial charge in [0.1, 0.15) is 0 Å². The maximum Gasteiger partial charge on any atom is 0.0517 e. The fourth-order valence-corrected chi connectivity index (χ4v) is 3.34. The lowest BCUT2D eigenvalue weighted by Crippen LogP contribution is -2.37. The van der Waals surface area contributed by atoms with Crippen LogP contribution in [0.25, 0.3) is 0 Å². The molecule has 2 rings (SSSR count). The number of rotatable bonds is 0. The zero-order valence-corrected chi connectivity index (χ0v) is 10.2. The van der Waals surface area contributed by atoms with Crippen LogP contribution in [-0.4, -0.2) is 18.3 Å². The average molecular weight is 228 g/mol. The number of anilines is 1. The summed E-state index contributed by atoms with van der Waals surface area (Å²) in [5.41, 5.74) is 1.25. The fraction of sp³-hybridized carbons (Fsp3) is 0.455. The fourth-order valence-electron chi connectivity index (χ4n) is 1.86. The monoisotopic (exact) mass is 227 g/mol.